The molecule has 2 aromatic rings. The number of carbonyl (C=O) groups is 2. The molecule has 1 aliphatic rings. The second-order valence-corrected chi connectivity index (χ2v) is 8.33. The van der Waals surface area contributed by atoms with Gasteiger partial charge in [-0.05, 0) is 49.7 Å². The molecule has 1 aliphatic heterocycles. The first-order chi connectivity index (χ1) is 16.9. The Morgan fingerprint density at radius 1 is 1.06 bits per heavy atom. The van der Waals surface area contributed by atoms with Gasteiger partial charge in [-0.15, -0.1) is 0 Å². The van der Waals surface area contributed by atoms with Crippen molar-refractivity contribution in [2.75, 3.05) is 58.2 Å². The Kier molecular flexibility index (Phi) is 9.48. The molecule has 9 nitrogen and oxygen atoms in total. The summed E-state index contributed by atoms with van der Waals surface area (Å²) in [5, 5.41) is 12.7. The molecule has 35 heavy (non-hydrogen) atoms. The van der Waals surface area contributed by atoms with E-state index in [-0.39, 0.29) is 11.5 Å². The van der Waals surface area contributed by atoms with Gasteiger partial charge in [0.15, 0.2) is 5.96 Å². The molecule has 0 spiro atoms. The van der Waals surface area contributed by atoms with Crippen LogP contribution in [0.25, 0.3) is 0 Å². The first-order valence-electron chi connectivity index (χ1n) is 12.0. The summed E-state index contributed by atoms with van der Waals surface area (Å²) in [6.07, 6.45) is 0. The molecule has 0 bridgehead atoms. The largest absolute Gasteiger partial charge is 0.497 e. The van der Waals surface area contributed by atoms with Crippen LogP contribution in [0.5, 0.6) is 5.75 Å². The highest BCUT2D eigenvalue weighted by Crippen LogP contribution is 2.16. The molecule has 9 heteroatoms. The fraction of sp³-hybridized carbons (Fsp3) is 0.423. The van der Waals surface area contributed by atoms with Crippen LogP contribution in [0.2, 0.25) is 0 Å². The number of amides is 1. The number of rotatable bonds is 9. The number of hydrogen-bond acceptors (Lipinski definition) is 5. The molecule has 0 saturated carbocycles. The van der Waals surface area contributed by atoms with Crippen LogP contribution in [0, 0.1) is 0 Å². The highest BCUT2D eigenvalue weighted by molar-refractivity contribution is 5.96. The molecule has 188 valence electrons. The zero-order valence-corrected chi connectivity index (χ0v) is 20.7. The maximum absolute atomic E-state index is 12.5. The summed E-state index contributed by atoms with van der Waals surface area (Å²) in [5.41, 5.74) is 1.88. The van der Waals surface area contributed by atoms with Gasteiger partial charge in [0.25, 0.3) is 0 Å². The lowest BCUT2D eigenvalue weighted by Crippen LogP contribution is -2.53. The number of aromatic carboxylic acids is 1. The topological polar surface area (TPSA) is 97.7 Å². The number of ether oxygens (including phenoxy) is 1. The first-order valence-corrected chi connectivity index (χ1v) is 12.0. The number of carboxylic acids is 1. The Morgan fingerprint density at radius 3 is 2.43 bits per heavy atom. The summed E-state index contributed by atoms with van der Waals surface area (Å²) in [7, 11) is 1.63. The van der Waals surface area contributed by atoms with Gasteiger partial charge in [0.05, 0.1) is 25.8 Å². The van der Waals surface area contributed by atoms with E-state index in [1.54, 1.807) is 25.3 Å². The second-order valence-electron chi connectivity index (χ2n) is 8.33. The minimum atomic E-state index is -0.977. The molecule has 1 heterocycles. The van der Waals surface area contributed by atoms with Crippen molar-refractivity contribution in [3.05, 3.63) is 59.7 Å². The van der Waals surface area contributed by atoms with Crippen molar-refractivity contribution in [2.45, 2.75) is 20.4 Å². The third kappa shape index (κ3) is 7.45. The Labute approximate surface area is 207 Å². The summed E-state index contributed by atoms with van der Waals surface area (Å²) in [6, 6.07) is 14.5. The van der Waals surface area contributed by atoms with E-state index in [4.69, 9.17) is 9.73 Å². The average molecular weight is 482 g/mol. The van der Waals surface area contributed by atoms with Crippen molar-refractivity contribution < 1.29 is 19.4 Å². The number of methoxy groups -OCH3 is 1. The summed E-state index contributed by atoms with van der Waals surface area (Å²) in [6.45, 7) is 9.17. The number of aliphatic imine (C=N–C) groups is 1. The van der Waals surface area contributed by atoms with E-state index in [0.29, 0.717) is 37.8 Å². The summed E-state index contributed by atoms with van der Waals surface area (Å²) >= 11 is 0. The van der Waals surface area contributed by atoms with Crippen LogP contribution in [0.1, 0.15) is 29.8 Å². The Balaban J connectivity index is 1.73. The van der Waals surface area contributed by atoms with Crippen molar-refractivity contribution in [2.24, 2.45) is 4.99 Å². The minimum absolute atomic E-state index is 0.152. The van der Waals surface area contributed by atoms with Gasteiger partial charge in [0, 0.05) is 45.0 Å². The van der Waals surface area contributed by atoms with E-state index in [9.17, 15) is 14.7 Å². The van der Waals surface area contributed by atoms with Crippen LogP contribution in [0.4, 0.5) is 5.69 Å². The third-order valence-electron chi connectivity index (χ3n) is 6.06. The Hall–Kier alpha value is -3.59. The Morgan fingerprint density at radius 2 is 1.77 bits per heavy atom. The monoisotopic (exact) mass is 481 g/mol. The van der Waals surface area contributed by atoms with Gasteiger partial charge in [-0.25, -0.2) is 9.79 Å². The lowest BCUT2D eigenvalue weighted by Gasteiger charge is -2.37. The fourth-order valence-corrected chi connectivity index (χ4v) is 4.00. The number of likely N-dealkylation sites (N-methyl/N-ethyl adjacent to an activating group) is 1. The number of carbonyl (C=O) groups excluding carboxylic acids is 1. The lowest BCUT2D eigenvalue weighted by molar-refractivity contribution is -0.132. The number of nitrogens with one attached hydrogen (secondary N) is 1. The van der Waals surface area contributed by atoms with E-state index < -0.39 is 5.97 Å². The normalized spacial score (nSPS) is 14.5. The molecule has 1 saturated heterocycles. The zero-order valence-electron chi connectivity index (χ0n) is 20.7. The number of hydrogen-bond donors (Lipinski definition) is 2. The third-order valence-corrected chi connectivity index (χ3v) is 6.06. The first kappa shape index (κ1) is 26.0. The lowest BCUT2D eigenvalue weighted by atomic mass is 10.2. The predicted octanol–water partition coefficient (Wildman–Crippen LogP) is 2.85. The van der Waals surface area contributed by atoms with E-state index >= 15 is 0 Å². The van der Waals surface area contributed by atoms with Gasteiger partial charge in [-0.2, -0.15) is 0 Å². The van der Waals surface area contributed by atoms with Crippen LogP contribution in [0.3, 0.4) is 0 Å². The van der Waals surface area contributed by atoms with Crippen LogP contribution >= 0.6 is 0 Å². The number of anilines is 1. The molecule has 0 radical (unpaired) electrons. The maximum Gasteiger partial charge on any atom is 0.335 e. The number of carboxylic acid groups (broad SMARTS) is 1. The molecule has 1 amide bonds. The average Bonchev–Trinajstić information content (AvgIpc) is 2.88. The summed E-state index contributed by atoms with van der Waals surface area (Å²) in [5.74, 6) is 0.618. The summed E-state index contributed by atoms with van der Waals surface area (Å²) < 4.78 is 5.32. The van der Waals surface area contributed by atoms with Crippen molar-refractivity contribution in [1.29, 1.82) is 0 Å². The van der Waals surface area contributed by atoms with E-state index in [2.05, 4.69) is 15.1 Å². The number of nitrogens with zero attached hydrogens (tertiary/aromatic N) is 4. The van der Waals surface area contributed by atoms with Gasteiger partial charge in [-0.3, -0.25) is 9.69 Å². The molecule has 3 rings (SSSR count). The van der Waals surface area contributed by atoms with Gasteiger partial charge in [0.2, 0.25) is 5.91 Å². The van der Waals surface area contributed by atoms with Gasteiger partial charge >= 0.3 is 5.97 Å². The number of piperazine rings is 1. The zero-order chi connectivity index (χ0) is 25.2. The molecule has 0 aromatic heterocycles. The van der Waals surface area contributed by atoms with Crippen molar-refractivity contribution in [1.82, 2.24) is 14.7 Å². The molecular formula is C26H35N5O4. The van der Waals surface area contributed by atoms with Crippen molar-refractivity contribution in [3.8, 4) is 5.75 Å². The van der Waals surface area contributed by atoms with Crippen LogP contribution in [-0.4, -0.2) is 90.6 Å². The van der Waals surface area contributed by atoms with Crippen LogP contribution in [-0.2, 0) is 11.3 Å². The molecular weight excluding hydrogens is 446 g/mol. The van der Waals surface area contributed by atoms with E-state index in [1.165, 1.54) is 0 Å². The van der Waals surface area contributed by atoms with Gasteiger partial charge < -0.3 is 25.0 Å². The SMILES string of the molecule is CCN(CC)C(=O)CN1CCN(C(=NCc2cccc(OC)c2)Nc2cccc(C(=O)O)c2)CC1. The molecule has 0 atom stereocenters. The van der Waals surface area contributed by atoms with Crippen molar-refractivity contribution in [3.63, 3.8) is 0 Å². The molecule has 0 aliphatic carbocycles. The highest BCUT2D eigenvalue weighted by Gasteiger charge is 2.23. The quantitative estimate of drug-likeness (QED) is 0.420. The number of guanidine groups is 1. The van der Waals surface area contributed by atoms with Crippen molar-refractivity contribution >= 4 is 23.5 Å². The summed E-state index contributed by atoms with van der Waals surface area (Å²) in [4.78, 5) is 34.9. The standard InChI is InChI=1S/C26H35N5O4/c1-4-30(5-2)24(32)19-29-12-14-31(15-13-29)26(27-18-20-8-6-11-23(16-20)35-3)28-22-10-7-9-21(17-22)25(33)34/h6-11,16-17H,4-5,12-15,18-19H2,1-3H3,(H,27,28)(H,33,34). The van der Waals surface area contributed by atoms with Crippen LogP contribution < -0.4 is 10.1 Å². The fourth-order valence-electron chi connectivity index (χ4n) is 4.00. The molecule has 2 aromatic carbocycles. The maximum atomic E-state index is 12.5. The minimum Gasteiger partial charge on any atom is -0.497 e. The predicted molar refractivity (Wildman–Crippen MR) is 137 cm³/mol. The molecule has 2 N–H and O–H groups in total. The van der Waals surface area contributed by atoms with E-state index in [1.807, 2.05) is 49.1 Å². The Bertz CT molecular complexity index is 1030. The van der Waals surface area contributed by atoms with E-state index in [0.717, 1.165) is 37.5 Å². The van der Waals surface area contributed by atoms with Gasteiger partial charge in [0.1, 0.15) is 5.75 Å². The number of benzene rings is 2. The molecule has 0 unspecified atom stereocenters. The smallest absolute Gasteiger partial charge is 0.335 e. The van der Waals surface area contributed by atoms with Crippen LogP contribution in [0.15, 0.2) is 53.5 Å². The highest BCUT2D eigenvalue weighted by atomic mass is 16.5. The molecule has 1 fully saturated rings. The second kappa shape index (κ2) is 12.8. The van der Waals surface area contributed by atoms with Gasteiger partial charge in [-0.1, -0.05) is 18.2 Å².